The molecule has 0 spiro atoms. The molecule has 1 aromatic heterocycles. The molecule has 1 aromatic carbocycles. The predicted molar refractivity (Wildman–Crippen MR) is 158 cm³/mol. The van der Waals surface area contributed by atoms with E-state index >= 15 is 0 Å². The van der Waals surface area contributed by atoms with Crippen LogP contribution in [0.4, 0.5) is 5.69 Å². The Hall–Kier alpha value is -3.62. The Kier molecular flexibility index (Phi) is 9.75. The Morgan fingerprint density at radius 3 is 2.34 bits per heavy atom. The number of piperazine rings is 1. The number of hydrogen-bond acceptors (Lipinski definition) is 6. The number of amides is 3. The number of rotatable bonds is 9. The first kappa shape index (κ1) is 28.9. The molecular formula is C32H43N5O4. The van der Waals surface area contributed by atoms with Crippen LogP contribution in [0, 0.1) is 11.8 Å². The van der Waals surface area contributed by atoms with Gasteiger partial charge in [0, 0.05) is 56.9 Å². The molecule has 0 unspecified atom stereocenters. The lowest BCUT2D eigenvalue weighted by Crippen LogP contribution is -2.51. The van der Waals surface area contributed by atoms with E-state index in [0.29, 0.717) is 38.3 Å². The second kappa shape index (κ2) is 13.8. The highest BCUT2D eigenvalue weighted by Crippen LogP contribution is 2.27. The number of anilines is 1. The van der Waals surface area contributed by atoms with Crippen molar-refractivity contribution in [1.82, 2.24) is 14.8 Å². The maximum atomic E-state index is 13.2. The summed E-state index contributed by atoms with van der Waals surface area (Å²) in [4.78, 5) is 48.0. The zero-order valence-corrected chi connectivity index (χ0v) is 24.0. The summed E-state index contributed by atoms with van der Waals surface area (Å²) in [7, 11) is 0. The topological polar surface area (TPSA) is 109 Å². The van der Waals surface area contributed by atoms with Gasteiger partial charge in [-0.05, 0) is 55.0 Å². The lowest BCUT2D eigenvalue weighted by atomic mass is 9.87. The number of hydrogen-bond donors (Lipinski definition) is 1. The summed E-state index contributed by atoms with van der Waals surface area (Å²) >= 11 is 0. The molecule has 9 nitrogen and oxygen atoms in total. The van der Waals surface area contributed by atoms with Gasteiger partial charge >= 0.3 is 0 Å². The summed E-state index contributed by atoms with van der Waals surface area (Å²) in [6.45, 7) is 4.21. The van der Waals surface area contributed by atoms with E-state index in [4.69, 9.17) is 10.5 Å². The van der Waals surface area contributed by atoms with Crippen LogP contribution < -0.4 is 15.4 Å². The van der Waals surface area contributed by atoms with Crippen molar-refractivity contribution in [2.45, 2.75) is 57.8 Å². The Labute approximate surface area is 243 Å². The molecule has 0 atom stereocenters. The highest BCUT2D eigenvalue weighted by Gasteiger charge is 2.26. The van der Waals surface area contributed by atoms with Crippen molar-refractivity contribution < 1.29 is 19.1 Å². The smallest absolute Gasteiger partial charge is 0.254 e. The average molecular weight is 562 g/mol. The van der Waals surface area contributed by atoms with Crippen LogP contribution >= 0.6 is 0 Å². The average Bonchev–Trinajstić information content (AvgIpc) is 3.01. The van der Waals surface area contributed by atoms with Gasteiger partial charge in [0.25, 0.3) is 5.91 Å². The molecule has 1 aliphatic carbocycles. The third-order valence-corrected chi connectivity index (χ3v) is 8.92. The number of carbonyl (C=O) groups is 3. The standard InChI is InChI=1S/C32H43N5O4/c33-31(39)26-9-12-35(13-10-26)28-19-25(22-34-23-28)20-30(38)36-14-16-37(17-15-36)32(40)27-7-4-8-29(21-27)41-18-11-24-5-2-1-3-6-24/h4,7-8,19,21-24,26H,1-3,5-6,9-18,20H2,(H2,33,39). The van der Waals surface area contributed by atoms with Gasteiger partial charge < -0.3 is 25.2 Å². The molecule has 2 aliphatic heterocycles. The Balaban J connectivity index is 1.08. The zero-order chi connectivity index (χ0) is 28.6. The molecule has 2 N–H and O–H groups in total. The highest BCUT2D eigenvalue weighted by atomic mass is 16.5. The molecule has 0 bridgehead atoms. The Bertz CT molecular complexity index is 1200. The van der Waals surface area contributed by atoms with E-state index in [0.717, 1.165) is 55.3 Å². The minimum absolute atomic E-state index is 0.0214. The number of pyridine rings is 1. The second-order valence-electron chi connectivity index (χ2n) is 11.7. The van der Waals surface area contributed by atoms with Crippen molar-refractivity contribution in [2.24, 2.45) is 17.6 Å². The van der Waals surface area contributed by atoms with Gasteiger partial charge in [-0.15, -0.1) is 0 Å². The van der Waals surface area contributed by atoms with Crippen molar-refractivity contribution in [2.75, 3.05) is 50.8 Å². The molecule has 2 saturated heterocycles. The first-order valence-corrected chi connectivity index (χ1v) is 15.2. The van der Waals surface area contributed by atoms with E-state index in [-0.39, 0.29) is 30.1 Å². The third kappa shape index (κ3) is 7.77. The van der Waals surface area contributed by atoms with Crippen LogP contribution in [0.2, 0.25) is 0 Å². The molecule has 3 aliphatic rings. The van der Waals surface area contributed by atoms with E-state index in [1.54, 1.807) is 12.4 Å². The van der Waals surface area contributed by atoms with E-state index < -0.39 is 0 Å². The van der Waals surface area contributed by atoms with Gasteiger partial charge in [0.1, 0.15) is 5.75 Å². The Morgan fingerprint density at radius 1 is 0.878 bits per heavy atom. The molecule has 3 amide bonds. The number of carbonyl (C=O) groups excluding carboxylic acids is 3. The molecule has 2 aromatic rings. The van der Waals surface area contributed by atoms with Crippen LogP contribution in [0.5, 0.6) is 5.75 Å². The molecule has 1 saturated carbocycles. The summed E-state index contributed by atoms with van der Waals surface area (Å²) in [5.41, 5.74) is 7.92. The SMILES string of the molecule is NC(=O)C1CCN(c2cncc(CC(=O)N3CCN(C(=O)c4cccc(OCCC5CCCCC5)c4)CC3)c2)CC1. The van der Waals surface area contributed by atoms with Gasteiger partial charge in [-0.2, -0.15) is 0 Å². The van der Waals surface area contributed by atoms with Crippen LogP contribution in [0.25, 0.3) is 0 Å². The molecule has 41 heavy (non-hydrogen) atoms. The fourth-order valence-electron chi connectivity index (χ4n) is 6.33. The number of ether oxygens (including phenoxy) is 1. The number of nitrogens with two attached hydrogens (primary N) is 1. The fraction of sp³-hybridized carbons (Fsp3) is 0.562. The van der Waals surface area contributed by atoms with Crippen molar-refractivity contribution in [3.05, 3.63) is 53.9 Å². The van der Waals surface area contributed by atoms with E-state index in [2.05, 4.69) is 9.88 Å². The molecule has 3 fully saturated rings. The van der Waals surface area contributed by atoms with Crippen LogP contribution in [0.1, 0.15) is 67.3 Å². The largest absolute Gasteiger partial charge is 0.494 e. The first-order chi connectivity index (χ1) is 20.0. The molecule has 3 heterocycles. The maximum Gasteiger partial charge on any atom is 0.254 e. The first-order valence-electron chi connectivity index (χ1n) is 15.2. The lowest BCUT2D eigenvalue weighted by Gasteiger charge is -2.35. The van der Waals surface area contributed by atoms with Gasteiger partial charge in [-0.1, -0.05) is 38.2 Å². The molecular weight excluding hydrogens is 518 g/mol. The van der Waals surface area contributed by atoms with Gasteiger partial charge in [-0.3, -0.25) is 19.4 Å². The van der Waals surface area contributed by atoms with E-state index in [1.165, 1.54) is 32.1 Å². The van der Waals surface area contributed by atoms with Crippen molar-refractivity contribution in [3.63, 3.8) is 0 Å². The van der Waals surface area contributed by atoms with Crippen molar-refractivity contribution in [1.29, 1.82) is 0 Å². The van der Waals surface area contributed by atoms with Gasteiger partial charge in [0.2, 0.25) is 11.8 Å². The minimum Gasteiger partial charge on any atom is -0.494 e. The summed E-state index contributed by atoms with van der Waals surface area (Å²) in [5, 5.41) is 0. The second-order valence-corrected chi connectivity index (χ2v) is 11.7. The van der Waals surface area contributed by atoms with Crippen molar-refractivity contribution in [3.8, 4) is 5.75 Å². The van der Waals surface area contributed by atoms with Crippen LogP contribution in [-0.4, -0.2) is 78.4 Å². The lowest BCUT2D eigenvalue weighted by molar-refractivity contribution is -0.132. The van der Waals surface area contributed by atoms with Crippen LogP contribution in [0.15, 0.2) is 42.7 Å². The van der Waals surface area contributed by atoms with E-state index in [1.807, 2.05) is 40.1 Å². The van der Waals surface area contributed by atoms with Gasteiger partial charge in [-0.25, -0.2) is 0 Å². The Morgan fingerprint density at radius 2 is 1.61 bits per heavy atom. The number of aromatic nitrogens is 1. The molecule has 220 valence electrons. The normalized spacial score (nSPS) is 18.8. The quantitative estimate of drug-likeness (QED) is 0.501. The third-order valence-electron chi connectivity index (χ3n) is 8.92. The zero-order valence-electron chi connectivity index (χ0n) is 24.0. The summed E-state index contributed by atoms with van der Waals surface area (Å²) in [6, 6.07) is 9.49. The number of piperidine rings is 1. The summed E-state index contributed by atoms with van der Waals surface area (Å²) in [6.07, 6.45) is 13.0. The number of nitrogens with zero attached hydrogens (tertiary/aromatic N) is 4. The highest BCUT2D eigenvalue weighted by molar-refractivity contribution is 5.94. The molecule has 5 rings (SSSR count). The number of benzene rings is 1. The summed E-state index contributed by atoms with van der Waals surface area (Å²) in [5.74, 6) is 1.23. The molecule has 9 heteroatoms. The van der Waals surface area contributed by atoms with Gasteiger partial charge in [0.05, 0.1) is 24.9 Å². The minimum atomic E-state index is -0.230. The fourth-order valence-corrected chi connectivity index (χ4v) is 6.33. The molecule has 0 radical (unpaired) electrons. The maximum absolute atomic E-state index is 13.2. The van der Waals surface area contributed by atoms with Crippen LogP contribution in [-0.2, 0) is 16.0 Å². The van der Waals surface area contributed by atoms with E-state index in [9.17, 15) is 14.4 Å². The predicted octanol–water partition coefficient (Wildman–Crippen LogP) is 3.66. The summed E-state index contributed by atoms with van der Waals surface area (Å²) < 4.78 is 6.00. The van der Waals surface area contributed by atoms with Crippen LogP contribution in [0.3, 0.4) is 0 Å². The number of primary amides is 1. The van der Waals surface area contributed by atoms with Crippen molar-refractivity contribution >= 4 is 23.4 Å². The monoisotopic (exact) mass is 561 g/mol. The van der Waals surface area contributed by atoms with Gasteiger partial charge in [0.15, 0.2) is 0 Å².